The lowest BCUT2D eigenvalue weighted by Gasteiger charge is -2.37. The Morgan fingerprint density at radius 3 is 2.34 bits per heavy atom. The fourth-order valence-electron chi connectivity index (χ4n) is 3.88. The van der Waals surface area contributed by atoms with Gasteiger partial charge in [-0.25, -0.2) is 0 Å². The van der Waals surface area contributed by atoms with Gasteiger partial charge in [-0.3, -0.25) is 19.4 Å². The number of halogens is 1. The number of carbonyl (C=O) groups excluding carboxylic acids is 2. The number of nitrogens with zero attached hydrogens (tertiary/aromatic N) is 2. The van der Waals surface area contributed by atoms with Gasteiger partial charge in [0.25, 0.3) is 0 Å². The van der Waals surface area contributed by atoms with Gasteiger partial charge in [0, 0.05) is 36.9 Å². The zero-order valence-corrected chi connectivity index (χ0v) is 19.8. The molecule has 0 aliphatic carbocycles. The first kappa shape index (κ1) is 24.0. The monoisotopic (exact) mass is 458 g/mol. The maximum Gasteiger partial charge on any atom is 0.241 e. The lowest BCUT2D eigenvalue weighted by atomic mass is 10.1. The Kier molecular flexibility index (Phi) is 8.12. The Bertz CT molecular complexity index is 953. The van der Waals surface area contributed by atoms with Crippen LogP contribution in [0.15, 0.2) is 36.4 Å². The third kappa shape index (κ3) is 6.00. The summed E-state index contributed by atoms with van der Waals surface area (Å²) < 4.78 is 5.30. The number of nitrogens with one attached hydrogen (secondary N) is 2. The van der Waals surface area contributed by atoms with Crippen molar-refractivity contribution in [2.24, 2.45) is 0 Å². The normalized spacial score (nSPS) is 15.8. The van der Waals surface area contributed by atoms with E-state index in [-0.39, 0.29) is 17.9 Å². The minimum atomic E-state index is -0.315. The Balaban J connectivity index is 1.50. The second-order valence-electron chi connectivity index (χ2n) is 8.14. The van der Waals surface area contributed by atoms with E-state index in [2.05, 4.69) is 20.4 Å². The Morgan fingerprint density at radius 2 is 1.72 bits per heavy atom. The van der Waals surface area contributed by atoms with E-state index in [4.69, 9.17) is 16.3 Å². The minimum absolute atomic E-state index is 0.0188. The molecule has 3 rings (SSSR count). The van der Waals surface area contributed by atoms with Crippen molar-refractivity contribution in [1.82, 2.24) is 9.80 Å². The van der Waals surface area contributed by atoms with Crippen molar-refractivity contribution < 1.29 is 14.3 Å². The lowest BCUT2D eigenvalue weighted by Crippen LogP contribution is -2.53. The van der Waals surface area contributed by atoms with Crippen LogP contribution in [0.5, 0.6) is 5.75 Å². The molecule has 1 heterocycles. The van der Waals surface area contributed by atoms with Gasteiger partial charge in [-0.1, -0.05) is 29.8 Å². The fraction of sp³-hybridized carbons (Fsp3) is 0.417. The molecule has 0 aromatic heterocycles. The molecule has 8 heteroatoms. The number of hydrogen-bond donors (Lipinski definition) is 2. The highest BCUT2D eigenvalue weighted by molar-refractivity contribution is 6.31. The lowest BCUT2D eigenvalue weighted by molar-refractivity contribution is -0.122. The average Bonchev–Trinajstić information content (AvgIpc) is 2.76. The third-order valence-electron chi connectivity index (χ3n) is 5.87. The number of ether oxygens (including phenoxy) is 1. The molecule has 0 radical (unpaired) electrons. The van der Waals surface area contributed by atoms with Crippen LogP contribution in [-0.2, 0) is 9.59 Å². The summed E-state index contributed by atoms with van der Waals surface area (Å²) in [5.41, 5.74) is 3.55. The number of amides is 2. The first-order chi connectivity index (χ1) is 15.3. The predicted octanol–water partition coefficient (Wildman–Crippen LogP) is 3.55. The maximum atomic E-state index is 12.8. The average molecular weight is 459 g/mol. The summed E-state index contributed by atoms with van der Waals surface area (Å²) in [7, 11) is 1.55. The molecule has 1 saturated heterocycles. The van der Waals surface area contributed by atoms with E-state index in [0.29, 0.717) is 36.1 Å². The first-order valence-electron chi connectivity index (χ1n) is 10.8. The quantitative estimate of drug-likeness (QED) is 0.663. The summed E-state index contributed by atoms with van der Waals surface area (Å²) in [6.45, 7) is 9.06. The van der Waals surface area contributed by atoms with Crippen molar-refractivity contribution >= 4 is 34.8 Å². The van der Waals surface area contributed by atoms with Gasteiger partial charge in [-0.2, -0.15) is 0 Å². The molecule has 2 aromatic carbocycles. The van der Waals surface area contributed by atoms with Gasteiger partial charge in [-0.05, 0) is 50.1 Å². The molecule has 2 N–H and O–H groups in total. The van der Waals surface area contributed by atoms with E-state index in [9.17, 15) is 9.59 Å². The second kappa shape index (κ2) is 10.8. The van der Waals surface area contributed by atoms with Crippen LogP contribution in [0.4, 0.5) is 11.4 Å². The van der Waals surface area contributed by atoms with Crippen molar-refractivity contribution in [2.45, 2.75) is 26.8 Å². The fourth-order valence-corrected chi connectivity index (χ4v) is 4.06. The van der Waals surface area contributed by atoms with Gasteiger partial charge in [-0.15, -0.1) is 0 Å². The molecule has 1 fully saturated rings. The van der Waals surface area contributed by atoms with E-state index in [1.165, 1.54) is 0 Å². The van der Waals surface area contributed by atoms with Gasteiger partial charge >= 0.3 is 0 Å². The smallest absolute Gasteiger partial charge is 0.241 e. The van der Waals surface area contributed by atoms with Gasteiger partial charge in [0.2, 0.25) is 11.8 Å². The summed E-state index contributed by atoms with van der Waals surface area (Å²) in [5, 5.41) is 6.48. The van der Waals surface area contributed by atoms with Crippen LogP contribution in [0.2, 0.25) is 5.02 Å². The van der Waals surface area contributed by atoms with Crippen molar-refractivity contribution in [3.8, 4) is 5.75 Å². The Morgan fingerprint density at radius 1 is 1.06 bits per heavy atom. The topological polar surface area (TPSA) is 73.9 Å². The van der Waals surface area contributed by atoms with Gasteiger partial charge in [0.05, 0.1) is 25.4 Å². The second-order valence-corrected chi connectivity index (χ2v) is 8.57. The van der Waals surface area contributed by atoms with Crippen molar-refractivity contribution in [3.05, 3.63) is 52.5 Å². The van der Waals surface area contributed by atoms with Crippen molar-refractivity contribution in [2.75, 3.05) is 50.5 Å². The van der Waals surface area contributed by atoms with Crippen LogP contribution in [0.1, 0.15) is 18.1 Å². The summed E-state index contributed by atoms with van der Waals surface area (Å²) in [6, 6.07) is 10.8. The van der Waals surface area contributed by atoms with Crippen molar-refractivity contribution in [1.29, 1.82) is 0 Å². The largest absolute Gasteiger partial charge is 0.495 e. The molecule has 0 bridgehead atoms. The first-order valence-corrected chi connectivity index (χ1v) is 11.1. The molecule has 1 atom stereocenters. The van der Waals surface area contributed by atoms with E-state index in [1.54, 1.807) is 25.3 Å². The van der Waals surface area contributed by atoms with Crippen LogP contribution < -0.4 is 15.4 Å². The maximum absolute atomic E-state index is 12.8. The van der Waals surface area contributed by atoms with Gasteiger partial charge < -0.3 is 15.4 Å². The molecule has 172 valence electrons. The van der Waals surface area contributed by atoms with Crippen molar-refractivity contribution in [3.63, 3.8) is 0 Å². The van der Waals surface area contributed by atoms with Crippen LogP contribution in [0, 0.1) is 13.8 Å². The molecule has 0 spiro atoms. The molecule has 1 aliphatic heterocycles. The standard InChI is InChI=1S/C24H31ClN4O3/c1-16-6-5-7-17(2)23(16)27-22(30)15-28-10-12-29(13-11-28)18(3)24(31)26-20-14-19(25)8-9-21(20)32-4/h5-9,14,18H,10-13,15H2,1-4H3,(H,26,31)(H,27,30). The highest BCUT2D eigenvalue weighted by atomic mass is 35.5. The number of benzene rings is 2. The molecule has 32 heavy (non-hydrogen) atoms. The predicted molar refractivity (Wildman–Crippen MR) is 129 cm³/mol. The van der Waals surface area contributed by atoms with Crippen LogP contribution >= 0.6 is 11.6 Å². The SMILES string of the molecule is COc1ccc(Cl)cc1NC(=O)C(C)N1CCN(CC(=O)Nc2c(C)cccc2C)CC1. The third-order valence-corrected chi connectivity index (χ3v) is 6.10. The Hall–Kier alpha value is -2.61. The summed E-state index contributed by atoms with van der Waals surface area (Å²) in [5.74, 6) is 0.427. The zero-order valence-electron chi connectivity index (χ0n) is 19.1. The van der Waals surface area contributed by atoms with Gasteiger partial charge in [0.1, 0.15) is 5.75 Å². The number of carbonyl (C=O) groups is 2. The summed E-state index contributed by atoms with van der Waals surface area (Å²) >= 11 is 6.06. The van der Waals surface area contributed by atoms with Crippen LogP contribution in [0.3, 0.4) is 0 Å². The molecule has 1 aliphatic rings. The molecule has 0 saturated carbocycles. The molecule has 1 unspecified atom stereocenters. The van der Waals surface area contributed by atoms with E-state index in [1.807, 2.05) is 39.0 Å². The van der Waals surface area contributed by atoms with Gasteiger partial charge in [0.15, 0.2) is 0 Å². The highest BCUT2D eigenvalue weighted by Gasteiger charge is 2.27. The number of hydrogen-bond acceptors (Lipinski definition) is 5. The number of piperazine rings is 1. The number of anilines is 2. The molecule has 2 aromatic rings. The number of methoxy groups -OCH3 is 1. The number of para-hydroxylation sites is 1. The number of rotatable bonds is 7. The molecular formula is C24H31ClN4O3. The molecule has 7 nitrogen and oxygen atoms in total. The van der Waals surface area contributed by atoms with Crippen LogP contribution in [0.25, 0.3) is 0 Å². The zero-order chi connectivity index (χ0) is 23.3. The molecule has 2 amide bonds. The van der Waals surface area contributed by atoms with Crippen LogP contribution in [-0.4, -0.2) is 67.5 Å². The Labute approximate surface area is 194 Å². The minimum Gasteiger partial charge on any atom is -0.495 e. The molecular weight excluding hydrogens is 428 g/mol. The highest BCUT2D eigenvalue weighted by Crippen LogP contribution is 2.28. The van der Waals surface area contributed by atoms with E-state index < -0.39 is 0 Å². The van der Waals surface area contributed by atoms with E-state index in [0.717, 1.165) is 29.9 Å². The van der Waals surface area contributed by atoms with E-state index >= 15 is 0 Å². The summed E-state index contributed by atoms with van der Waals surface area (Å²) in [6.07, 6.45) is 0. The summed E-state index contributed by atoms with van der Waals surface area (Å²) in [4.78, 5) is 29.6. The number of aryl methyl sites for hydroxylation is 2.